The Hall–Kier alpha value is -1.76. The molecule has 0 aliphatic heterocycles. The fraction of sp³-hybridized carbons (Fsp3) is 0.200. The largest absolute Gasteiger partial charge is 0.345 e. The lowest BCUT2D eigenvalue weighted by Crippen LogP contribution is -2.24. The number of aromatic amines is 1. The number of benzene rings is 1. The van der Waals surface area contributed by atoms with E-state index in [-0.39, 0.29) is 12.5 Å². The van der Waals surface area contributed by atoms with Crippen LogP contribution in [0.1, 0.15) is 21.7 Å². The lowest BCUT2D eigenvalue weighted by atomic mass is 10.1. The number of hydrogen-bond acceptors (Lipinski definition) is 4. The Morgan fingerprint density at radius 1 is 1.53 bits per heavy atom. The molecule has 88 valence electrons. The van der Waals surface area contributed by atoms with Gasteiger partial charge in [0.05, 0.1) is 6.54 Å². The fourth-order valence-corrected chi connectivity index (χ4v) is 1.73. The number of carbonyl (C=O) groups is 1. The fourth-order valence-electron chi connectivity index (χ4n) is 1.37. The highest BCUT2D eigenvalue weighted by Crippen LogP contribution is 2.19. The van der Waals surface area contributed by atoms with Crippen LogP contribution in [0.5, 0.6) is 0 Å². The van der Waals surface area contributed by atoms with E-state index in [1.165, 1.54) is 0 Å². The van der Waals surface area contributed by atoms with E-state index < -0.39 is 0 Å². The molecule has 0 bridgehead atoms. The van der Waals surface area contributed by atoms with Crippen LogP contribution >= 0.6 is 15.9 Å². The number of hydrogen-bond donors (Lipinski definition) is 2. The Morgan fingerprint density at radius 2 is 2.35 bits per heavy atom. The molecule has 0 spiro atoms. The number of nitrogens with one attached hydrogen (secondary N) is 2. The first-order chi connectivity index (χ1) is 8.18. The highest BCUT2D eigenvalue weighted by atomic mass is 79.9. The molecule has 1 aromatic heterocycles. The molecule has 0 unspecified atom stereocenters. The zero-order chi connectivity index (χ0) is 12.3. The number of carbonyl (C=O) groups excluding carboxylic acids is 1. The summed E-state index contributed by atoms with van der Waals surface area (Å²) < 4.78 is 0.907. The third kappa shape index (κ3) is 2.68. The molecule has 0 fully saturated rings. The molecule has 7 heteroatoms. The maximum absolute atomic E-state index is 11.9. The highest BCUT2D eigenvalue weighted by molar-refractivity contribution is 9.10. The van der Waals surface area contributed by atoms with E-state index >= 15 is 0 Å². The molecule has 2 N–H and O–H groups in total. The topological polar surface area (TPSA) is 83.6 Å². The van der Waals surface area contributed by atoms with Gasteiger partial charge in [0.15, 0.2) is 5.82 Å². The van der Waals surface area contributed by atoms with Crippen molar-refractivity contribution in [2.75, 3.05) is 0 Å². The molecule has 0 atom stereocenters. The first kappa shape index (κ1) is 11.7. The molecule has 1 heterocycles. The lowest BCUT2D eigenvalue weighted by Gasteiger charge is -2.07. The molecule has 0 aliphatic carbocycles. The van der Waals surface area contributed by atoms with E-state index in [0.29, 0.717) is 11.4 Å². The minimum absolute atomic E-state index is 0.159. The summed E-state index contributed by atoms with van der Waals surface area (Å²) in [6.45, 7) is 2.13. The standard InChI is InChI=1S/C10H10BrN5O/c1-6-7(3-2-4-8(6)11)10(17)12-5-9-13-15-16-14-9/h2-4H,5H2,1H3,(H,12,17)(H,13,14,15,16). The van der Waals surface area contributed by atoms with Crippen LogP contribution in [-0.2, 0) is 6.54 Å². The van der Waals surface area contributed by atoms with Crippen LogP contribution in [0.3, 0.4) is 0 Å². The third-order valence-electron chi connectivity index (χ3n) is 2.31. The minimum atomic E-state index is -0.159. The van der Waals surface area contributed by atoms with E-state index in [1.54, 1.807) is 6.07 Å². The second kappa shape index (κ2) is 5.05. The normalized spacial score (nSPS) is 10.2. The molecule has 6 nitrogen and oxygen atoms in total. The number of amides is 1. The van der Waals surface area contributed by atoms with Gasteiger partial charge in [0.2, 0.25) is 0 Å². The SMILES string of the molecule is Cc1c(Br)cccc1C(=O)NCc1nn[nH]n1. The quantitative estimate of drug-likeness (QED) is 0.891. The van der Waals surface area contributed by atoms with Crippen molar-refractivity contribution in [3.8, 4) is 0 Å². The van der Waals surface area contributed by atoms with Gasteiger partial charge in [-0.2, -0.15) is 5.21 Å². The predicted molar refractivity (Wildman–Crippen MR) is 64.2 cm³/mol. The van der Waals surface area contributed by atoms with Crippen molar-refractivity contribution < 1.29 is 4.79 Å². The molecule has 2 rings (SSSR count). The van der Waals surface area contributed by atoms with Gasteiger partial charge in [-0.15, -0.1) is 10.2 Å². The van der Waals surface area contributed by atoms with Crippen LogP contribution in [0.4, 0.5) is 0 Å². The maximum atomic E-state index is 11.9. The second-order valence-corrected chi connectivity index (χ2v) is 4.28. The van der Waals surface area contributed by atoms with E-state index in [0.717, 1.165) is 10.0 Å². The summed E-state index contributed by atoms with van der Waals surface area (Å²) in [6.07, 6.45) is 0. The number of nitrogens with zero attached hydrogens (tertiary/aromatic N) is 3. The molecule has 0 saturated carbocycles. The van der Waals surface area contributed by atoms with Crippen LogP contribution in [-0.4, -0.2) is 26.5 Å². The average Bonchev–Trinajstić information content (AvgIpc) is 2.82. The van der Waals surface area contributed by atoms with E-state index in [1.807, 2.05) is 19.1 Å². The first-order valence-electron chi connectivity index (χ1n) is 4.94. The number of aromatic nitrogens is 4. The number of halogens is 1. The van der Waals surface area contributed by atoms with Crippen molar-refractivity contribution in [2.24, 2.45) is 0 Å². The molecule has 2 aromatic rings. The molecule has 0 aliphatic rings. The predicted octanol–water partition coefficient (Wildman–Crippen LogP) is 1.20. The lowest BCUT2D eigenvalue weighted by molar-refractivity contribution is 0.0949. The zero-order valence-electron chi connectivity index (χ0n) is 9.07. The van der Waals surface area contributed by atoms with Crippen molar-refractivity contribution in [1.29, 1.82) is 0 Å². The van der Waals surface area contributed by atoms with Crippen molar-refractivity contribution in [2.45, 2.75) is 13.5 Å². The van der Waals surface area contributed by atoms with Crippen molar-refractivity contribution >= 4 is 21.8 Å². The van der Waals surface area contributed by atoms with Crippen molar-refractivity contribution in [3.63, 3.8) is 0 Å². The monoisotopic (exact) mass is 295 g/mol. The maximum Gasteiger partial charge on any atom is 0.251 e. The smallest absolute Gasteiger partial charge is 0.251 e. The summed E-state index contributed by atoms with van der Waals surface area (Å²) in [5, 5.41) is 16.0. The number of H-pyrrole nitrogens is 1. The highest BCUT2D eigenvalue weighted by Gasteiger charge is 2.10. The Kier molecular flexibility index (Phi) is 3.48. The van der Waals surface area contributed by atoms with Crippen molar-refractivity contribution in [3.05, 3.63) is 39.6 Å². The van der Waals surface area contributed by atoms with Crippen LogP contribution in [0, 0.1) is 6.92 Å². The van der Waals surface area contributed by atoms with Crippen LogP contribution in [0.15, 0.2) is 22.7 Å². The molecule has 1 aromatic carbocycles. The molecule has 0 radical (unpaired) electrons. The summed E-state index contributed by atoms with van der Waals surface area (Å²) in [4.78, 5) is 11.9. The Bertz CT molecular complexity index is 525. The van der Waals surface area contributed by atoms with Crippen LogP contribution in [0.2, 0.25) is 0 Å². The summed E-state index contributed by atoms with van der Waals surface area (Å²) in [5.74, 6) is 0.291. The summed E-state index contributed by atoms with van der Waals surface area (Å²) in [6, 6.07) is 5.48. The van der Waals surface area contributed by atoms with Crippen molar-refractivity contribution in [1.82, 2.24) is 25.9 Å². The van der Waals surface area contributed by atoms with Gasteiger partial charge in [-0.3, -0.25) is 4.79 Å². The van der Waals surface area contributed by atoms with Gasteiger partial charge < -0.3 is 5.32 Å². The van der Waals surface area contributed by atoms with Gasteiger partial charge in [-0.05, 0) is 24.6 Å². The third-order valence-corrected chi connectivity index (χ3v) is 3.17. The van der Waals surface area contributed by atoms with E-state index in [9.17, 15) is 4.79 Å². The summed E-state index contributed by atoms with van der Waals surface area (Å²) in [5.41, 5.74) is 1.53. The number of rotatable bonds is 3. The van der Waals surface area contributed by atoms with E-state index in [2.05, 4.69) is 41.9 Å². The summed E-state index contributed by atoms with van der Waals surface area (Å²) in [7, 11) is 0. The van der Waals surface area contributed by atoms with Crippen LogP contribution in [0.25, 0.3) is 0 Å². The summed E-state index contributed by atoms with van der Waals surface area (Å²) >= 11 is 3.38. The van der Waals surface area contributed by atoms with Gasteiger partial charge in [-0.1, -0.05) is 27.2 Å². The second-order valence-electron chi connectivity index (χ2n) is 3.42. The van der Waals surface area contributed by atoms with Gasteiger partial charge in [-0.25, -0.2) is 0 Å². The van der Waals surface area contributed by atoms with Crippen LogP contribution < -0.4 is 5.32 Å². The minimum Gasteiger partial charge on any atom is -0.345 e. The van der Waals surface area contributed by atoms with Gasteiger partial charge in [0.1, 0.15) is 0 Å². The molecule has 1 amide bonds. The van der Waals surface area contributed by atoms with E-state index in [4.69, 9.17) is 0 Å². The van der Waals surface area contributed by atoms with Gasteiger partial charge >= 0.3 is 0 Å². The Morgan fingerprint density at radius 3 is 3.06 bits per heavy atom. The first-order valence-corrected chi connectivity index (χ1v) is 5.73. The molecular weight excluding hydrogens is 286 g/mol. The zero-order valence-corrected chi connectivity index (χ0v) is 10.7. The number of tetrazole rings is 1. The van der Waals surface area contributed by atoms with Gasteiger partial charge in [0.25, 0.3) is 5.91 Å². The molecule has 0 saturated heterocycles. The molecular formula is C10H10BrN5O. The molecule has 17 heavy (non-hydrogen) atoms. The van der Waals surface area contributed by atoms with Gasteiger partial charge in [0, 0.05) is 10.0 Å². The average molecular weight is 296 g/mol. The Balaban J connectivity index is 2.07. The Labute approximate surface area is 106 Å².